The molecule has 5 nitrogen and oxygen atoms in total. The summed E-state index contributed by atoms with van der Waals surface area (Å²) in [6, 6.07) is 9.65. The molecule has 6 heteroatoms. The van der Waals surface area contributed by atoms with Gasteiger partial charge in [-0.15, -0.1) is 0 Å². The first-order valence-corrected chi connectivity index (χ1v) is 6.04. The first-order chi connectivity index (χ1) is 10.0. The lowest BCUT2D eigenvalue weighted by atomic mass is 10.1. The van der Waals surface area contributed by atoms with E-state index in [0.717, 1.165) is 0 Å². The summed E-state index contributed by atoms with van der Waals surface area (Å²) in [7, 11) is 0. The SMILES string of the molecule is O=C(O)c1ccc2c(O)nc(-c3ccc(F)cc3)nc2c1. The molecule has 3 rings (SSSR count). The van der Waals surface area contributed by atoms with E-state index >= 15 is 0 Å². The van der Waals surface area contributed by atoms with Crippen LogP contribution in [0.1, 0.15) is 10.4 Å². The number of carboxylic acid groups (broad SMARTS) is 1. The van der Waals surface area contributed by atoms with Crippen molar-refractivity contribution in [3.05, 3.63) is 53.8 Å². The van der Waals surface area contributed by atoms with Crippen LogP contribution in [0.4, 0.5) is 4.39 Å². The predicted molar refractivity (Wildman–Crippen MR) is 73.6 cm³/mol. The van der Waals surface area contributed by atoms with Crippen molar-refractivity contribution in [3.8, 4) is 17.3 Å². The molecule has 3 aromatic rings. The first-order valence-electron chi connectivity index (χ1n) is 6.04. The lowest BCUT2D eigenvalue weighted by Gasteiger charge is -2.05. The van der Waals surface area contributed by atoms with Gasteiger partial charge in [-0.3, -0.25) is 0 Å². The molecular weight excluding hydrogens is 275 g/mol. The molecule has 0 aliphatic heterocycles. The van der Waals surface area contributed by atoms with Crippen LogP contribution in [-0.4, -0.2) is 26.2 Å². The van der Waals surface area contributed by atoms with Crippen LogP contribution in [0, 0.1) is 5.82 Å². The van der Waals surface area contributed by atoms with Gasteiger partial charge in [-0.25, -0.2) is 14.2 Å². The standard InChI is InChI=1S/C15H9FN2O3/c16-10-4-1-8(2-5-10)13-17-12-7-9(15(20)21)3-6-11(12)14(19)18-13/h1-7H,(H,20,21)(H,17,18,19). The second-order valence-electron chi connectivity index (χ2n) is 4.41. The second kappa shape index (κ2) is 4.82. The Morgan fingerprint density at radius 1 is 1.05 bits per heavy atom. The van der Waals surface area contributed by atoms with Crippen LogP contribution in [0.2, 0.25) is 0 Å². The molecule has 2 N–H and O–H groups in total. The van der Waals surface area contributed by atoms with E-state index in [4.69, 9.17) is 5.11 Å². The zero-order valence-electron chi connectivity index (χ0n) is 10.6. The smallest absolute Gasteiger partial charge is 0.335 e. The maximum Gasteiger partial charge on any atom is 0.335 e. The van der Waals surface area contributed by atoms with E-state index in [1.54, 1.807) is 0 Å². The Morgan fingerprint density at radius 3 is 2.43 bits per heavy atom. The molecule has 0 fully saturated rings. The number of aromatic hydroxyl groups is 1. The van der Waals surface area contributed by atoms with Crippen molar-refractivity contribution < 1.29 is 19.4 Å². The molecule has 0 saturated heterocycles. The predicted octanol–water partition coefficient (Wildman–Crippen LogP) is 2.84. The number of benzene rings is 2. The molecule has 0 radical (unpaired) electrons. The summed E-state index contributed by atoms with van der Waals surface area (Å²) in [4.78, 5) is 19.1. The number of hydrogen-bond donors (Lipinski definition) is 2. The van der Waals surface area contributed by atoms with Gasteiger partial charge in [-0.05, 0) is 42.5 Å². The van der Waals surface area contributed by atoms with Gasteiger partial charge in [-0.1, -0.05) is 0 Å². The fourth-order valence-electron chi connectivity index (χ4n) is 1.97. The Hall–Kier alpha value is -3.02. The molecule has 0 aliphatic rings. The Morgan fingerprint density at radius 2 is 1.76 bits per heavy atom. The van der Waals surface area contributed by atoms with E-state index in [1.165, 1.54) is 42.5 Å². The topological polar surface area (TPSA) is 83.3 Å². The lowest BCUT2D eigenvalue weighted by molar-refractivity contribution is 0.0697. The summed E-state index contributed by atoms with van der Waals surface area (Å²) in [5.41, 5.74) is 0.890. The zero-order valence-corrected chi connectivity index (χ0v) is 10.6. The van der Waals surface area contributed by atoms with Crippen molar-refractivity contribution in [1.29, 1.82) is 0 Å². The summed E-state index contributed by atoms with van der Waals surface area (Å²) in [6.45, 7) is 0. The van der Waals surface area contributed by atoms with E-state index in [2.05, 4.69) is 9.97 Å². The van der Waals surface area contributed by atoms with Gasteiger partial charge >= 0.3 is 5.97 Å². The van der Waals surface area contributed by atoms with Crippen LogP contribution >= 0.6 is 0 Å². The maximum absolute atomic E-state index is 12.9. The number of fused-ring (bicyclic) bond motifs is 1. The van der Waals surface area contributed by atoms with Gasteiger partial charge in [0.25, 0.3) is 0 Å². The van der Waals surface area contributed by atoms with Crippen LogP contribution in [0.5, 0.6) is 5.88 Å². The number of aromatic carboxylic acids is 1. The molecule has 0 amide bonds. The van der Waals surface area contributed by atoms with E-state index in [1.807, 2.05) is 0 Å². The lowest BCUT2D eigenvalue weighted by Crippen LogP contribution is -1.97. The fourth-order valence-corrected chi connectivity index (χ4v) is 1.97. The Kier molecular flexibility index (Phi) is 2.98. The van der Waals surface area contributed by atoms with Crippen molar-refractivity contribution in [3.63, 3.8) is 0 Å². The van der Waals surface area contributed by atoms with Crippen LogP contribution < -0.4 is 0 Å². The number of nitrogens with zero attached hydrogens (tertiary/aromatic N) is 2. The van der Waals surface area contributed by atoms with Crippen LogP contribution in [-0.2, 0) is 0 Å². The van der Waals surface area contributed by atoms with Gasteiger partial charge < -0.3 is 10.2 Å². The van der Waals surface area contributed by atoms with Crippen LogP contribution in [0.25, 0.3) is 22.3 Å². The molecule has 0 aliphatic carbocycles. The van der Waals surface area contributed by atoms with Gasteiger partial charge in [0, 0.05) is 5.56 Å². The van der Waals surface area contributed by atoms with E-state index in [9.17, 15) is 14.3 Å². The van der Waals surface area contributed by atoms with Gasteiger partial charge in [-0.2, -0.15) is 4.98 Å². The van der Waals surface area contributed by atoms with Gasteiger partial charge in [0.2, 0.25) is 5.88 Å². The van der Waals surface area contributed by atoms with Crippen molar-refractivity contribution in [2.24, 2.45) is 0 Å². The van der Waals surface area contributed by atoms with E-state index in [0.29, 0.717) is 16.5 Å². The molecule has 0 bridgehead atoms. The third-order valence-corrected chi connectivity index (χ3v) is 3.03. The quantitative estimate of drug-likeness (QED) is 0.756. The summed E-state index contributed by atoms with van der Waals surface area (Å²) < 4.78 is 12.9. The highest BCUT2D eigenvalue weighted by Crippen LogP contribution is 2.26. The number of hydrogen-bond acceptors (Lipinski definition) is 4. The third-order valence-electron chi connectivity index (χ3n) is 3.03. The van der Waals surface area contributed by atoms with Crippen molar-refractivity contribution in [2.45, 2.75) is 0 Å². The average molecular weight is 284 g/mol. The molecular formula is C15H9FN2O3. The van der Waals surface area contributed by atoms with Crippen molar-refractivity contribution in [2.75, 3.05) is 0 Å². The minimum atomic E-state index is -1.08. The number of carboxylic acids is 1. The van der Waals surface area contributed by atoms with E-state index in [-0.39, 0.29) is 17.3 Å². The Balaban J connectivity index is 2.20. The monoisotopic (exact) mass is 284 g/mol. The molecule has 1 heterocycles. The van der Waals surface area contributed by atoms with Gasteiger partial charge in [0.15, 0.2) is 5.82 Å². The molecule has 2 aromatic carbocycles. The Bertz CT molecular complexity index is 847. The molecule has 0 saturated carbocycles. The summed E-state index contributed by atoms with van der Waals surface area (Å²) >= 11 is 0. The normalized spacial score (nSPS) is 10.7. The largest absolute Gasteiger partial charge is 0.493 e. The number of carbonyl (C=O) groups is 1. The molecule has 104 valence electrons. The van der Waals surface area contributed by atoms with Gasteiger partial charge in [0.1, 0.15) is 5.82 Å². The molecule has 0 unspecified atom stereocenters. The minimum absolute atomic E-state index is 0.0608. The molecule has 21 heavy (non-hydrogen) atoms. The Labute approximate surface area is 118 Å². The average Bonchev–Trinajstić information content (AvgIpc) is 2.47. The zero-order chi connectivity index (χ0) is 15.0. The summed E-state index contributed by atoms with van der Waals surface area (Å²) in [5.74, 6) is -1.53. The highest BCUT2D eigenvalue weighted by atomic mass is 19.1. The first kappa shape index (κ1) is 13.0. The molecule has 0 spiro atoms. The number of aromatic nitrogens is 2. The molecule has 1 aromatic heterocycles. The molecule has 0 atom stereocenters. The highest BCUT2D eigenvalue weighted by molar-refractivity contribution is 5.94. The third kappa shape index (κ3) is 2.38. The van der Waals surface area contributed by atoms with Crippen molar-refractivity contribution in [1.82, 2.24) is 9.97 Å². The second-order valence-corrected chi connectivity index (χ2v) is 4.41. The van der Waals surface area contributed by atoms with E-state index < -0.39 is 11.8 Å². The maximum atomic E-state index is 12.9. The number of halogens is 1. The van der Waals surface area contributed by atoms with Crippen LogP contribution in [0.15, 0.2) is 42.5 Å². The van der Waals surface area contributed by atoms with Crippen LogP contribution in [0.3, 0.4) is 0 Å². The number of rotatable bonds is 2. The highest BCUT2D eigenvalue weighted by Gasteiger charge is 2.11. The van der Waals surface area contributed by atoms with Crippen molar-refractivity contribution >= 4 is 16.9 Å². The minimum Gasteiger partial charge on any atom is -0.493 e. The summed E-state index contributed by atoms with van der Waals surface area (Å²) in [5, 5.41) is 19.3. The van der Waals surface area contributed by atoms with Gasteiger partial charge in [0.05, 0.1) is 16.5 Å². The summed E-state index contributed by atoms with van der Waals surface area (Å²) in [6.07, 6.45) is 0. The fraction of sp³-hybridized carbons (Fsp3) is 0.